The van der Waals surface area contributed by atoms with Gasteiger partial charge in [-0.25, -0.2) is 0 Å². The number of β-amino-alcohol motifs (C(OH)–C–C–N with tert-alkyl or cyclic N) is 1. The molecule has 4 rings (SSSR count). The highest BCUT2D eigenvalue weighted by Gasteiger charge is 2.40. The number of piperazine rings is 1. The van der Waals surface area contributed by atoms with Gasteiger partial charge in [0, 0.05) is 51.4 Å². The Hall–Kier alpha value is -1.59. The number of aliphatic hydroxyl groups is 1. The number of para-hydroxylation sites is 1. The Morgan fingerprint density at radius 2 is 1.80 bits per heavy atom. The van der Waals surface area contributed by atoms with E-state index < -0.39 is 5.60 Å². The fraction of sp³-hybridized carbons (Fsp3) is 0.650. The minimum absolute atomic E-state index is 0.243. The lowest BCUT2D eigenvalue weighted by molar-refractivity contribution is -0.131. The maximum atomic E-state index is 12.3. The van der Waals surface area contributed by atoms with Gasteiger partial charge in [0.05, 0.1) is 12.1 Å². The van der Waals surface area contributed by atoms with E-state index in [1.54, 1.807) is 0 Å². The van der Waals surface area contributed by atoms with Crippen LogP contribution in [0.5, 0.6) is 0 Å². The smallest absolute Gasteiger partial charge is 0.222 e. The Labute approximate surface area is 150 Å². The lowest BCUT2D eigenvalue weighted by atomic mass is 10.0. The molecule has 1 N–H and O–H groups in total. The van der Waals surface area contributed by atoms with Crippen molar-refractivity contribution < 1.29 is 9.90 Å². The zero-order valence-electron chi connectivity index (χ0n) is 14.9. The summed E-state index contributed by atoms with van der Waals surface area (Å²) < 4.78 is 0. The first-order chi connectivity index (χ1) is 12.1. The maximum absolute atomic E-state index is 12.3. The van der Waals surface area contributed by atoms with Crippen molar-refractivity contribution in [3.63, 3.8) is 0 Å². The number of carbonyl (C=O) groups excluding carboxylic acids is 1. The number of nitrogens with zero attached hydrogens (tertiary/aromatic N) is 3. The molecule has 25 heavy (non-hydrogen) atoms. The molecule has 0 radical (unpaired) electrons. The van der Waals surface area contributed by atoms with Gasteiger partial charge in [-0.1, -0.05) is 18.2 Å². The molecule has 1 amide bonds. The number of likely N-dealkylation sites (tertiary alicyclic amines) is 1. The highest BCUT2D eigenvalue weighted by molar-refractivity contribution is 5.77. The minimum atomic E-state index is -0.728. The average Bonchev–Trinajstić information content (AvgIpc) is 3.36. The van der Waals surface area contributed by atoms with E-state index in [1.807, 2.05) is 11.0 Å². The second kappa shape index (κ2) is 6.96. The Balaban J connectivity index is 1.26. The number of amides is 1. The first kappa shape index (κ1) is 16.9. The Morgan fingerprint density at radius 1 is 1.08 bits per heavy atom. The van der Waals surface area contributed by atoms with Gasteiger partial charge < -0.3 is 14.9 Å². The maximum Gasteiger partial charge on any atom is 0.222 e. The molecule has 2 heterocycles. The molecular formula is C20H29N3O2. The lowest BCUT2D eigenvalue weighted by Gasteiger charge is -2.39. The first-order valence-corrected chi connectivity index (χ1v) is 9.64. The third-order valence-electron chi connectivity index (χ3n) is 5.86. The second-order valence-corrected chi connectivity index (χ2v) is 8.04. The van der Waals surface area contributed by atoms with Crippen LogP contribution < -0.4 is 4.90 Å². The van der Waals surface area contributed by atoms with Crippen LogP contribution in [0.2, 0.25) is 0 Å². The standard InChI is InChI=1S/C20H29N3O2/c24-19(14-17-6-7-17)23-9-8-20(25,16-23)15-21-10-12-22(13-11-21)18-4-2-1-3-5-18/h1-5,17,25H,6-16H2/t20-/m1/s1. The highest BCUT2D eigenvalue weighted by atomic mass is 16.3. The Bertz CT molecular complexity index is 596. The fourth-order valence-electron chi connectivity index (χ4n) is 4.12. The van der Waals surface area contributed by atoms with E-state index in [0.717, 1.165) is 26.2 Å². The van der Waals surface area contributed by atoms with E-state index >= 15 is 0 Å². The van der Waals surface area contributed by atoms with Gasteiger partial charge in [0.25, 0.3) is 0 Å². The average molecular weight is 343 g/mol. The molecule has 3 fully saturated rings. The van der Waals surface area contributed by atoms with E-state index in [0.29, 0.717) is 38.4 Å². The summed E-state index contributed by atoms with van der Waals surface area (Å²) in [4.78, 5) is 18.9. The molecule has 2 aliphatic heterocycles. The van der Waals surface area contributed by atoms with Crippen molar-refractivity contribution in [1.29, 1.82) is 0 Å². The van der Waals surface area contributed by atoms with E-state index in [9.17, 15) is 9.90 Å². The predicted octanol–water partition coefficient (Wildman–Crippen LogP) is 1.57. The molecule has 1 aromatic carbocycles. The van der Waals surface area contributed by atoms with Gasteiger partial charge >= 0.3 is 0 Å². The molecule has 2 saturated heterocycles. The van der Waals surface area contributed by atoms with Crippen molar-refractivity contribution in [2.24, 2.45) is 5.92 Å². The number of anilines is 1. The molecule has 0 unspecified atom stereocenters. The van der Waals surface area contributed by atoms with Crippen LogP contribution in [0, 0.1) is 5.92 Å². The van der Waals surface area contributed by atoms with Crippen molar-refractivity contribution in [2.45, 2.75) is 31.3 Å². The number of benzene rings is 1. The quantitative estimate of drug-likeness (QED) is 0.882. The summed E-state index contributed by atoms with van der Waals surface area (Å²) in [5.74, 6) is 0.861. The van der Waals surface area contributed by atoms with Gasteiger partial charge in [0.2, 0.25) is 5.91 Å². The van der Waals surface area contributed by atoms with Gasteiger partial charge in [-0.3, -0.25) is 9.69 Å². The number of carbonyl (C=O) groups is 1. The molecule has 5 heteroatoms. The molecular weight excluding hydrogens is 314 g/mol. The van der Waals surface area contributed by atoms with Crippen molar-refractivity contribution in [2.75, 3.05) is 50.7 Å². The van der Waals surface area contributed by atoms with Crippen molar-refractivity contribution in [3.05, 3.63) is 30.3 Å². The summed E-state index contributed by atoms with van der Waals surface area (Å²) in [6, 6.07) is 10.5. The molecule has 136 valence electrons. The van der Waals surface area contributed by atoms with Crippen LogP contribution >= 0.6 is 0 Å². The Morgan fingerprint density at radius 3 is 2.48 bits per heavy atom. The van der Waals surface area contributed by atoms with Crippen molar-refractivity contribution in [1.82, 2.24) is 9.80 Å². The molecule has 0 aromatic heterocycles. The largest absolute Gasteiger partial charge is 0.387 e. The molecule has 1 aliphatic carbocycles. The summed E-state index contributed by atoms with van der Waals surface area (Å²) in [7, 11) is 0. The molecule has 3 aliphatic rings. The zero-order valence-corrected chi connectivity index (χ0v) is 14.9. The summed E-state index contributed by atoms with van der Waals surface area (Å²) >= 11 is 0. The SMILES string of the molecule is O=C(CC1CC1)N1CC[C@@](O)(CN2CCN(c3ccccc3)CC2)C1. The van der Waals surface area contributed by atoms with Crippen molar-refractivity contribution >= 4 is 11.6 Å². The van der Waals surface area contributed by atoms with Crippen LogP contribution in [0.25, 0.3) is 0 Å². The van der Waals surface area contributed by atoms with Gasteiger partial charge in [0.1, 0.15) is 0 Å². The molecule has 0 bridgehead atoms. The summed E-state index contributed by atoms with van der Waals surface area (Å²) in [6.07, 6.45) is 3.80. The highest BCUT2D eigenvalue weighted by Crippen LogP contribution is 2.34. The van der Waals surface area contributed by atoms with E-state index in [4.69, 9.17) is 0 Å². The third-order valence-corrected chi connectivity index (χ3v) is 5.86. The fourth-order valence-corrected chi connectivity index (χ4v) is 4.12. The molecule has 5 nitrogen and oxygen atoms in total. The molecule has 1 saturated carbocycles. The van der Waals surface area contributed by atoms with Crippen molar-refractivity contribution in [3.8, 4) is 0 Å². The number of hydrogen-bond donors (Lipinski definition) is 1. The minimum Gasteiger partial charge on any atom is -0.387 e. The monoisotopic (exact) mass is 343 g/mol. The van der Waals surface area contributed by atoms with Crippen LogP contribution in [0.15, 0.2) is 30.3 Å². The van der Waals surface area contributed by atoms with E-state index in [-0.39, 0.29) is 5.91 Å². The van der Waals surface area contributed by atoms with E-state index in [1.165, 1.54) is 18.5 Å². The zero-order chi connectivity index (χ0) is 17.3. The van der Waals surface area contributed by atoms with Gasteiger partial charge in [-0.2, -0.15) is 0 Å². The van der Waals surface area contributed by atoms with Crippen LogP contribution in [-0.2, 0) is 4.79 Å². The molecule has 1 atom stereocenters. The van der Waals surface area contributed by atoms with Gasteiger partial charge in [-0.05, 0) is 37.3 Å². The summed E-state index contributed by atoms with van der Waals surface area (Å²) in [6.45, 7) is 5.82. The predicted molar refractivity (Wildman–Crippen MR) is 98.6 cm³/mol. The Kier molecular flexibility index (Phi) is 4.69. The van der Waals surface area contributed by atoms with Crippen LogP contribution in [0.4, 0.5) is 5.69 Å². The van der Waals surface area contributed by atoms with E-state index in [2.05, 4.69) is 34.1 Å². The van der Waals surface area contributed by atoms with Crippen LogP contribution in [-0.4, -0.2) is 72.2 Å². The summed E-state index contributed by atoms with van der Waals surface area (Å²) in [5, 5.41) is 10.9. The first-order valence-electron chi connectivity index (χ1n) is 9.64. The van der Waals surface area contributed by atoms with Crippen LogP contribution in [0.1, 0.15) is 25.7 Å². The number of rotatable bonds is 5. The second-order valence-electron chi connectivity index (χ2n) is 8.04. The molecule has 1 aromatic rings. The number of hydrogen-bond acceptors (Lipinski definition) is 4. The van der Waals surface area contributed by atoms with Gasteiger partial charge in [0.15, 0.2) is 0 Å². The normalized spacial score (nSPS) is 27.7. The third kappa shape index (κ3) is 4.15. The van der Waals surface area contributed by atoms with Gasteiger partial charge in [-0.15, -0.1) is 0 Å². The topological polar surface area (TPSA) is 47.0 Å². The summed E-state index contributed by atoms with van der Waals surface area (Å²) in [5.41, 5.74) is 0.548. The van der Waals surface area contributed by atoms with Crippen LogP contribution in [0.3, 0.4) is 0 Å². The lowest BCUT2D eigenvalue weighted by Crippen LogP contribution is -2.53. The molecule has 0 spiro atoms.